The average molecular weight is 398 g/mol. The summed E-state index contributed by atoms with van der Waals surface area (Å²) < 4.78 is 31.9. The second-order valence-electron chi connectivity index (χ2n) is 9.17. The molecule has 3 aliphatic carbocycles. The van der Waals surface area contributed by atoms with Crippen LogP contribution in [0.4, 0.5) is 0 Å². The highest BCUT2D eigenvalue weighted by atomic mass is 32.3. The van der Waals surface area contributed by atoms with Crippen LogP contribution in [-0.4, -0.2) is 51.5 Å². The van der Waals surface area contributed by atoms with Gasteiger partial charge in [-0.1, -0.05) is 26.8 Å². The van der Waals surface area contributed by atoms with E-state index >= 15 is 0 Å². The second-order valence-corrected chi connectivity index (χ2v) is 10.3. The quantitative estimate of drug-likeness (QED) is 0.310. The molecule has 2 atom stereocenters. The second kappa shape index (κ2) is 6.95. The van der Waals surface area contributed by atoms with E-state index in [2.05, 4.69) is 64.3 Å². The van der Waals surface area contributed by atoms with Crippen LogP contribution in [0.15, 0.2) is 35.1 Å². The van der Waals surface area contributed by atoms with Crippen molar-refractivity contribution in [2.75, 3.05) is 28.3 Å². The Morgan fingerprint density at radius 1 is 1.19 bits per heavy atom. The molecule has 0 amide bonds. The minimum absolute atomic E-state index is 0.115. The molecule has 0 aromatic rings. The average Bonchev–Trinajstić information content (AvgIpc) is 2.86. The molecule has 2 bridgehead atoms. The van der Waals surface area contributed by atoms with Crippen LogP contribution in [0.5, 0.6) is 0 Å². The first kappa shape index (κ1) is 22.0. The van der Waals surface area contributed by atoms with Crippen molar-refractivity contribution in [1.82, 2.24) is 0 Å². The minimum Gasteiger partial charge on any atom is -0.726 e. The maximum Gasteiger partial charge on any atom is 0.217 e. The number of hydrogen-bond donors (Lipinski definition) is 0. The molecule has 27 heavy (non-hydrogen) atoms. The molecular formula is C20H31NO5S. The Balaban J connectivity index is 0.000000380. The van der Waals surface area contributed by atoms with Gasteiger partial charge in [0.2, 0.25) is 10.4 Å². The summed E-state index contributed by atoms with van der Waals surface area (Å²) in [7, 11) is 2.94. The lowest BCUT2D eigenvalue weighted by molar-refractivity contribution is -0.828. The summed E-state index contributed by atoms with van der Waals surface area (Å²) in [6.45, 7) is 6.76. The van der Waals surface area contributed by atoms with Gasteiger partial charge in [-0.05, 0) is 48.3 Å². The summed E-state index contributed by atoms with van der Waals surface area (Å²) in [5.74, 6) is 0.874. The molecule has 0 radical (unpaired) electrons. The van der Waals surface area contributed by atoms with Gasteiger partial charge in [-0.25, -0.2) is 8.42 Å². The lowest BCUT2D eigenvalue weighted by atomic mass is 9.70. The molecule has 2 saturated carbocycles. The van der Waals surface area contributed by atoms with Crippen molar-refractivity contribution in [3.8, 4) is 0 Å². The predicted octanol–water partition coefficient (Wildman–Crippen LogP) is 2.95. The van der Waals surface area contributed by atoms with E-state index in [4.69, 9.17) is 0 Å². The lowest BCUT2D eigenvalue weighted by Gasteiger charge is -2.31. The standard InChI is InChI=1S/C19H28NO.CH4O4S/c1-18(2)15-11-12-19(18,3)17(21)16(15)13-7-9-14(10-8-13)20(4,5)6;1-5-6(2,3)4/h7,9-10,15H,8,11-12H2,1-6H3;1H3,(H,2,3,4)/q+1;/p-1. The minimum atomic E-state index is -4.41. The number of rotatable bonds is 2. The number of carbonyl (C=O) groups is 1. The number of carbonyl (C=O) groups excluding carboxylic acids is 1. The number of Topliss-reactive ketones (excluding diaryl/α,β-unsaturated/α-hetero) is 1. The zero-order valence-corrected chi connectivity index (χ0v) is 18.1. The van der Waals surface area contributed by atoms with Crippen LogP contribution >= 0.6 is 0 Å². The summed E-state index contributed by atoms with van der Waals surface area (Å²) in [6.07, 6.45) is 9.83. The van der Waals surface area contributed by atoms with E-state index < -0.39 is 10.4 Å². The van der Waals surface area contributed by atoms with Crippen molar-refractivity contribution < 1.29 is 26.4 Å². The number of fused-ring (bicyclic) bond motifs is 2. The van der Waals surface area contributed by atoms with Gasteiger partial charge in [-0.2, -0.15) is 0 Å². The highest BCUT2D eigenvalue weighted by Gasteiger charge is 2.64. The Morgan fingerprint density at radius 2 is 1.74 bits per heavy atom. The van der Waals surface area contributed by atoms with E-state index in [1.807, 2.05) is 0 Å². The molecule has 0 heterocycles. The number of allylic oxidation sites excluding steroid dienone is 5. The molecule has 2 fully saturated rings. The fourth-order valence-electron chi connectivity index (χ4n) is 4.47. The number of quaternary nitrogens is 1. The molecule has 0 N–H and O–H groups in total. The van der Waals surface area contributed by atoms with Crippen molar-refractivity contribution in [3.05, 3.63) is 35.1 Å². The van der Waals surface area contributed by atoms with Crippen LogP contribution < -0.4 is 0 Å². The summed E-state index contributed by atoms with van der Waals surface area (Å²) in [4.78, 5) is 13.0. The third-order valence-electron chi connectivity index (χ3n) is 6.63. The Kier molecular flexibility index (Phi) is 5.67. The summed E-state index contributed by atoms with van der Waals surface area (Å²) in [6, 6.07) is 0. The van der Waals surface area contributed by atoms with Crippen molar-refractivity contribution in [3.63, 3.8) is 0 Å². The van der Waals surface area contributed by atoms with Gasteiger partial charge >= 0.3 is 0 Å². The summed E-state index contributed by atoms with van der Waals surface area (Å²) >= 11 is 0. The van der Waals surface area contributed by atoms with Crippen molar-refractivity contribution >= 4 is 16.2 Å². The highest BCUT2D eigenvalue weighted by molar-refractivity contribution is 7.80. The van der Waals surface area contributed by atoms with Crippen LogP contribution in [-0.2, 0) is 19.4 Å². The molecule has 3 rings (SSSR count). The van der Waals surface area contributed by atoms with Crippen LogP contribution in [0.2, 0.25) is 0 Å². The first-order valence-electron chi connectivity index (χ1n) is 9.14. The van der Waals surface area contributed by atoms with E-state index in [-0.39, 0.29) is 10.8 Å². The van der Waals surface area contributed by atoms with E-state index in [9.17, 15) is 17.8 Å². The van der Waals surface area contributed by atoms with Gasteiger partial charge in [0.1, 0.15) is 5.70 Å². The number of likely N-dealkylation sites (N-methyl/N-ethyl adjacent to an activating group) is 1. The third-order valence-corrected chi connectivity index (χ3v) is 7.04. The monoisotopic (exact) mass is 397 g/mol. The Labute approximate surface area is 163 Å². The van der Waals surface area contributed by atoms with E-state index in [1.165, 1.54) is 17.7 Å². The summed E-state index contributed by atoms with van der Waals surface area (Å²) in [5.41, 5.74) is 3.70. The third kappa shape index (κ3) is 3.97. The SMILES string of the molecule is CC12CCC(C(=C3C=CC([N+](C)(C)C)=CC3)C1=O)C2(C)C.COS(=O)(=O)[O-]. The molecule has 0 aliphatic heterocycles. The molecule has 7 heteroatoms. The molecule has 6 nitrogen and oxygen atoms in total. The Hall–Kier alpha value is -1.28. The first-order chi connectivity index (χ1) is 12.1. The predicted molar refractivity (Wildman–Crippen MR) is 103 cm³/mol. The highest BCUT2D eigenvalue weighted by Crippen LogP contribution is 2.66. The maximum atomic E-state index is 13.0. The van der Waals surface area contributed by atoms with E-state index in [0.717, 1.165) is 30.0 Å². The maximum absolute atomic E-state index is 13.0. The molecule has 0 aromatic heterocycles. The normalized spacial score (nSPS) is 32.2. The number of hydrogen-bond acceptors (Lipinski definition) is 5. The molecule has 2 unspecified atom stereocenters. The molecule has 3 aliphatic rings. The lowest BCUT2D eigenvalue weighted by Crippen LogP contribution is -2.33. The topological polar surface area (TPSA) is 83.5 Å². The largest absolute Gasteiger partial charge is 0.726 e. The molecule has 0 aromatic carbocycles. The Morgan fingerprint density at radius 3 is 2.07 bits per heavy atom. The molecule has 152 valence electrons. The van der Waals surface area contributed by atoms with Crippen LogP contribution in [0.1, 0.15) is 40.0 Å². The Bertz CT molecular complexity index is 827. The van der Waals surface area contributed by atoms with Crippen molar-refractivity contribution in [1.29, 1.82) is 0 Å². The van der Waals surface area contributed by atoms with Gasteiger partial charge in [-0.15, -0.1) is 0 Å². The van der Waals surface area contributed by atoms with Crippen LogP contribution in [0.3, 0.4) is 0 Å². The number of ketones is 1. The zero-order chi connectivity index (χ0) is 20.8. The van der Waals surface area contributed by atoms with Crippen molar-refractivity contribution in [2.24, 2.45) is 16.7 Å². The van der Waals surface area contributed by atoms with E-state index in [1.54, 1.807) is 0 Å². The summed E-state index contributed by atoms with van der Waals surface area (Å²) in [5, 5.41) is 0. The van der Waals surface area contributed by atoms with Gasteiger partial charge in [0.25, 0.3) is 0 Å². The molecule has 0 spiro atoms. The van der Waals surface area contributed by atoms with Gasteiger partial charge in [0, 0.05) is 11.0 Å². The fourth-order valence-corrected chi connectivity index (χ4v) is 4.47. The first-order valence-corrected chi connectivity index (χ1v) is 10.5. The molecular weight excluding hydrogens is 366 g/mol. The number of nitrogens with zero attached hydrogens (tertiary/aromatic N) is 1. The van der Waals surface area contributed by atoms with E-state index in [0.29, 0.717) is 11.7 Å². The van der Waals surface area contributed by atoms with Crippen LogP contribution in [0.25, 0.3) is 0 Å². The van der Waals surface area contributed by atoms with Crippen LogP contribution in [0, 0.1) is 16.7 Å². The van der Waals surface area contributed by atoms with Gasteiger partial charge in [0.15, 0.2) is 5.78 Å². The van der Waals surface area contributed by atoms with Crippen molar-refractivity contribution in [2.45, 2.75) is 40.0 Å². The smallest absolute Gasteiger partial charge is 0.217 e. The fraction of sp³-hybridized carbons (Fsp3) is 0.650. The van der Waals surface area contributed by atoms with Gasteiger partial charge < -0.3 is 4.55 Å². The molecule has 0 saturated heterocycles. The van der Waals surface area contributed by atoms with Gasteiger partial charge in [-0.3, -0.25) is 13.5 Å². The van der Waals surface area contributed by atoms with Gasteiger partial charge in [0.05, 0.1) is 28.3 Å². The zero-order valence-electron chi connectivity index (χ0n) is 17.3.